The van der Waals surface area contributed by atoms with Crippen molar-refractivity contribution in [3.63, 3.8) is 0 Å². The average molecular weight is 309 g/mol. The highest BCUT2D eigenvalue weighted by molar-refractivity contribution is 6.74. The molecule has 8 heteroatoms. The van der Waals surface area contributed by atoms with Crippen LogP contribution < -0.4 is 4.74 Å². The van der Waals surface area contributed by atoms with Gasteiger partial charge in [0, 0.05) is 29.5 Å². The molecule has 1 rings (SSSR count). The molecule has 21 heavy (non-hydrogen) atoms. The molecule has 7 nitrogen and oxygen atoms in total. The van der Waals surface area contributed by atoms with E-state index in [0.717, 1.165) is 0 Å². The molecule has 0 aromatic carbocycles. The zero-order valence-corrected chi connectivity index (χ0v) is 14.5. The third kappa shape index (κ3) is 4.70. The van der Waals surface area contributed by atoms with E-state index in [1.807, 2.05) is 0 Å². The third-order valence-corrected chi connectivity index (χ3v) is 8.32. The molecule has 1 aromatic heterocycles. The average Bonchev–Trinajstić information content (AvgIpc) is 2.42. The summed E-state index contributed by atoms with van der Waals surface area (Å²) in [5, 5.41) is 3.89. The Morgan fingerprint density at radius 3 is 2.33 bits per heavy atom. The summed E-state index contributed by atoms with van der Waals surface area (Å²) in [4.78, 5) is 11.0. The Kier molecular flexibility index (Phi) is 5.71. The highest BCUT2D eigenvalue weighted by Crippen LogP contribution is 2.37. The number of hydrogen-bond acceptors (Lipinski definition) is 5. The summed E-state index contributed by atoms with van der Waals surface area (Å²) in [6, 6.07) is -0.154. The minimum Gasteiger partial charge on any atom is -0.467 e. The maximum atomic E-state index is 8.74. The summed E-state index contributed by atoms with van der Waals surface area (Å²) in [5.74, 6) is 0. The Morgan fingerprint density at radius 1 is 1.33 bits per heavy atom. The molecule has 0 radical (unpaired) electrons. The molecule has 0 aliphatic rings. The van der Waals surface area contributed by atoms with Crippen LogP contribution in [0, 0.1) is 0 Å². The number of aromatic nitrogens is 2. The molecule has 0 saturated carbocycles. The van der Waals surface area contributed by atoms with Gasteiger partial charge in [0.25, 0.3) is 0 Å². The predicted molar refractivity (Wildman–Crippen MR) is 83.6 cm³/mol. The minimum absolute atomic E-state index is 0.102. The highest BCUT2D eigenvalue weighted by Gasteiger charge is 2.37. The van der Waals surface area contributed by atoms with E-state index >= 15 is 0 Å². The second-order valence-electron chi connectivity index (χ2n) is 6.30. The quantitative estimate of drug-likeness (QED) is 0.345. The van der Waals surface area contributed by atoms with Crippen molar-refractivity contribution in [3.05, 3.63) is 28.4 Å². The van der Waals surface area contributed by atoms with Crippen LogP contribution in [0.15, 0.2) is 17.5 Å². The smallest absolute Gasteiger partial charge is 0.316 e. The number of hydrogen-bond donors (Lipinski definition) is 0. The molecule has 0 spiro atoms. The molecule has 0 fully saturated rings. The Labute approximate surface area is 126 Å². The van der Waals surface area contributed by atoms with Crippen molar-refractivity contribution < 1.29 is 9.16 Å². The zero-order chi connectivity index (χ0) is 16.1. The van der Waals surface area contributed by atoms with Gasteiger partial charge < -0.3 is 9.16 Å². The SMILES string of the molecule is COc1ncc(C(CO[Si](C)(C)C(C)(C)C)N=[N+]=[N-])cn1. The summed E-state index contributed by atoms with van der Waals surface area (Å²) >= 11 is 0. The summed E-state index contributed by atoms with van der Waals surface area (Å²) in [5.41, 5.74) is 9.45. The minimum atomic E-state index is -1.90. The fourth-order valence-electron chi connectivity index (χ4n) is 1.37. The van der Waals surface area contributed by atoms with Crippen LogP contribution >= 0.6 is 0 Å². The number of methoxy groups -OCH3 is 1. The number of azide groups is 1. The van der Waals surface area contributed by atoms with Crippen LogP contribution in [-0.2, 0) is 4.43 Å². The molecule has 1 unspecified atom stereocenters. The van der Waals surface area contributed by atoms with Crippen LogP contribution in [0.3, 0.4) is 0 Å². The molecule has 0 N–H and O–H groups in total. The zero-order valence-electron chi connectivity index (χ0n) is 13.5. The third-order valence-electron chi connectivity index (χ3n) is 3.81. The van der Waals surface area contributed by atoms with Crippen LogP contribution in [0.2, 0.25) is 18.1 Å². The van der Waals surface area contributed by atoms with Crippen LogP contribution in [0.5, 0.6) is 6.01 Å². The van der Waals surface area contributed by atoms with Gasteiger partial charge >= 0.3 is 6.01 Å². The highest BCUT2D eigenvalue weighted by atomic mass is 28.4. The van der Waals surface area contributed by atoms with Gasteiger partial charge in [0.15, 0.2) is 8.32 Å². The first kappa shape index (κ1) is 17.4. The van der Waals surface area contributed by atoms with Crippen molar-refractivity contribution in [2.75, 3.05) is 13.7 Å². The maximum absolute atomic E-state index is 8.74. The van der Waals surface area contributed by atoms with Crippen molar-refractivity contribution in [1.29, 1.82) is 0 Å². The summed E-state index contributed by atoms with van der Waals surface area (Å²) in [6.45, 7) is 11.1. The fraction of sp³-hybridized carbons (Fsp3) is 0.692. The van der Waals surface area contributed by atoms with Crippen molar-refractivity contribution in [3.8, 4) is 6.01 Å². The lowest BCUT2D eigenvalue weighted by Gasteiger charge is -2.36. The van der Waals surface area contributed by atoms with E-state index < -0.39 is 14.4 Å². The van der Waals surface area contributed by atoms with Crippen LogP contribution in [0.4, 0.5) is 0 Å². The number of ether oxygens (including phenoxy) is 1. The maximum Gasteiger partial charge on any atom is 0.316 e. The Morgan fingerprint density at radius 2 is 1.90 bits per heavy atom. The van der Waals surface area contributed by atoms with Crippen LogP contribution in [0.1, 0.15) is 32.4 Å². The Hall–Kier alpha value is -1.63. The van der Waals surface area contributed by atoms with E-state index in [1.54, 1.807) is 12.4 Å². The number of rotatable bonds is 6. The molecule has 1 atom stereocenters. The Balaban J connectivity index is 2.85. The van der Waals surface area contributed by atoms with E-state index in [1.165, 1.54) is 7.11 Å². The molecule has 1 aromatic rings. The van der Waals surface area contributed by atoms with Gasteiger partial charge in [0.2, 0.25) is 0 Å². The van der Waals surface area contributed by atoms with Gasteiger partial charge in [-0.1, -0.05) is 25.9 Å². The lowest BCUT2D eigenvalue weighted by atomic mass is 10.2. The first-order chi connectivity index (χ1) is 9.71. The summed E-state index contributed by atoms with van der Waals surface area (Å²) < 4.78 is 11.0. The van der Waals surface area contributed by atoms with E-state index in [-0.39, 0.29) is 11.0 Å². The standard InChI is InChI=1S/C13H23N5O2Si/c1-13(2,3)21(5,6)20-9-11(17-18-14)10-7-15-12(19-4)16-8-10/h7-8,11H,9H2,1-6H3. The molecule has 0 aliphatic carbocycles. The predicted octanol–water partition coefficient (Wildman–Crippen LogP) is 3.86. The topological polar surface area (TPSA) is 93.0 Å². The van der Waals surface area contributed by atoms with Crippen LogP contribution in [-0.4, -0.2) is 32.0 Å². The largest absolute Gasteiger partial charge is 0.467 e. The molecule has 0 aliphatic heterocycles. The summed E-state index contributed by atoms with van der Waals surface area (Å²) in [7, 11) is -0.396. The second kappa shape index (κ2) is 6.88. The van der Waals surface area contributed by atoms with Crippen molar-refractivity contribution in [2.24, 2.45) is 5.11 Å². The van der Waals surface area contributed by atoms with E-state index in [0.29, 0.717) is 12.2 Å². The molecule has 0 saturated heterocycles. The van der Waals surface area contributed by atoms with E-state index in [4.69, 9.17) is 14.7 Å². The monoisotopic (exact) mass is 309 g/mol. The molecule has 1 heterocycles. The van der Waals surface area contributed by atoms with Gasteiger partial charge in [-0.15, -0.1) is 0 Å². The molecule has 0 bridgehead atoms. The second-order valence-corrected chi connectivity index (χ2v) is 11.1. The van der Waals surface area contributed by atoms with Gasteiger partial charge in [-0.05, 0) is 23.7 Å². The fourth-order valence-corrected chi connectivity index (χ4v) is 2.37. The number of nitrogens with zero attached hydrogens (tertiary/aromatic N) is 5. The lowest BCUT2D eigenvalue weighted by Crippen LogP contribution is -2.41. The normalized spacial score (nSPS) is 13.4. The first-order valence-electron chi connectivity index (χ1n) is 6.75. The van der Waals surface area contributed by atoms with Crippen LogP contribution in [0.25, 0.3) is 10.4 Å². The van der Waals surface area contributed by atoms with Gasteiger partial charge in [0.1, 0.15) is 0 Å². The molecule has 116 valence electrons. The molecule has 0 amide bonds. The van der Waals surface area contributed by atoms with Crippen molar-refractivity contribution >= 4 is 8.32 Å². The Bertz CT molecular complexity index is 506. The van der Waals surface area contributed by atoms with Gasteiger partial charge in [-0.3, -0.25) is 0 Å². The van der Waals surface area contributed by atoms with Crippen molar-refractivity contribution in [2.45, 2.75) is 44.9 Å². The van der Waals surface area contributed by atoms with Gasteiger partial charge in [-0.25, -0.2) is 9.97 Å². The summed E-state index contributed by atoms with van der Waals surface area (Å²) in [6.07, 6.45) is 3.19. The first-order valence-corrected chi connectivity index (χ1v) is 9.66. The van der Waals surface area contributed by atoms with Gasteiger partial charge in [0.05, 0.1) is 13.2 Å². The van der Waals surface area contributed by atoms with E-state index in [2.05, 4.69) is 53.9 Å². The van der Waals surface area contributed by atoms with E-state index in [9.17, 15) is 0 Å². The molecular weight excluding hydrogens is 286 g/mol. The lowest BCUT2D eigenvalue weighted by molar-refractivity contribution is 0.264. The molecular formula is C13H23N5O2Si. The van der Waals surface area contributed by atoms with Crippen molar-refractivity contribution in [1.82, 2.24) is 9.97 Å². The van der Waals surface area contributed by atoms with Gasteiger partial charge in [-0.2, -0.15) is 0 Å².